The highest BCUT2D eigenvalue weighted by molar-refractivity contribution is 4.64. The van der Waals surface area contributed by atoms with Gasteiger partial charge in [-0.25, -0.2) is 4.98 Å². The summed E-state index contributed by atoms with van der Waals surface area (Å²) in [6.07, 6.45) is 5.08. The SMILES string of the molecule is CC(C)N.c1c[nH]cn1. The fourth-order valence-electron chi connectivity index (χ4n) is 0.215. The van der Waals surface area contributed by atoms with E-state index in [0.717, 1.165) is 0 Å². The molecular weight excluding hydrogens is 114 g/mol. The average molecular weight is 127 g/mol. The molecular formula is C6H13N3. The van der Waals surface area contributed by atoms with Crippen molar-refractivity contribution in [3.8, 4) is 0 Å². The number of H-pyrrole nitrogens is 1. The molecule has 1 rings (SSSR count). The Morgan fingerprint density at radius 1 is 1.56 bits per heavy atom. The second kappa shape index (κ2) is 5.31. The van der Waals surface area contributed by atoms with E-state index in [1.54, 1.807) is 18.7 Å². The fraction of sp³-hybridized carbons (Fsp3) is 0.500. The monoisotopic (exact) mass is 127 g/mol. The molecule has 0 atom stereocenters. The molecule has 0 amide bonds. The van der Waals surface area contributed by atoms with Crippen LogP contribution < -0.4 is 5.73 Å². The number of nitrogens with zero attached hydrogens (tertiary/aromatic N) is 1. The minimum absolute atomic E-state index is 0.333. The number of rotatable bonds is 0. The van der Waals surface area contributed by atoms with Gasteiger partial charge in [0.05, 0.1) is 6.33 Å². The third-order valence-electron chi connectivity index (χ3n) is 0.406. The molecule has 9 heavy (non-hydrogen) atoms. The van der Waals surface area contributed by atoms with Crippen molar-refractivity contribution >= 4 is 0 Å². The van der Waals surface area contributed by atoms with Crippen LogP contribution >= 0.6 is 0 Å². The third kappa shape index (κ3) is 11.0. The van der Waals surface area contributed by atoms with Crippen molar-refractivity contribution in [2.75, 3.05) is 0 Å². The number of nitrogens with one attached hydrogen (secondary N) is 1. The lowest BCUT2D eigenvalue weighted by Gasteiger charge is -1.81. The highest BCUT2D eigenvalue weighted by Gasteiger charge is 1.67. The Morgan fingerprint density at radius 2 is 2.11 bits per heavy atom. The summed E-state index contributed by atoms with van der Waals surface area (Å²) in [6.45, 7) is 3.89. The largest absolute Gasteiger partial charge is 0.351 e. The van der Waals surface area contributed by atoms with Crippen molar-refractivity contribution in [3.05, 3.63) is 18.7 Å². The first-order chi connectivity index (χ1) is 4.23. The van der Waals surface area contributed by atoms with E-state index in [1.807, 2.05) is 13.8 Å². The van der Waals surface area contributed by atoms with Crippen LogP contribution in [-0.4, -0.2) is 16.0 Å². The van der Waals surface area contributed by atoms with Gasteiger partial charge in [-0.3, -0.25) is 0 Å². The maximum absolute atomic E-state index is 5.11. The molecule has 1 heterocycles. The number of hydrogen-bond acceptors (Lipinski definition) is 2. The summed E-state index contributed by atoms with van der Waals surface area (Å²) in [4.78, 5) is 6.42. The van der Waals surface area contributed by atoms with Gasteiger partial charge >= 0.3 is 0 Å². The van der Waals surface area contributed by atoms with E-state index in [2.05, 4.69) is 9.97 Å². The van der Waals surface area contributed by atoms with Crippen LogP contribution in [0.4, 0.5) is 0 Å². The maximum Gasteiger partial charge on any atom is 0.0919 e. The van der Waals surface area contributed by atoms with Gasteiger partial charge in [-0.05, 0) is 6.04 Å². The zero-order valence-corrected chi connectivity index (χ0v) is 5.83. The van der Waals surface area contributed by atoms with Crippen molar-refractivity contribution in [1.82, 2.24) is 9.97 Å². The maximum atomic E-state index is 5.11. The molecule has 0 aliphatic heterocycles. The zero-order chi connectivity index (χ0) is 7.11. The summed E-state index contributed by atoms with van der Waals surface area (Å²) < 4.78 is 0. The van der Waals surface area contributed by atoms with Crippen LogP contribution in [0.2, 0.25) is 0 Å². The van der Waals surface area contributed by atoms with Crippen molar-refractivity contribution in [2.24, 2.45) is 5.73 Å². The molecule has 3 N–H and O–H groups in total. The van der Waals surface area contributed by atoms with Gasteiger partial charge < -0.3 is 10.7 Å². The lowest BCUT2D eigenvalue weighted by molar-refractivity contribution is 0.834. The van der Waals surface area contributed by atoms with E-state index in [0.29, 0.717) is 6.04 Å². The highest BCUT2D eigenvalue weighted by atomic mass is 14.8. The molecule has 52 valence electrons. The minimum Gasteiger partial charge on any atom is -0.351 e. The molecule has 0 spiro atoms. The predicted octanol–water partition coefficient (Wildman–Crippen LogP) is 0.763. The van der Waals surface area contributed by atoms with E-state index in [9.17, 15) is 0 Å². The normalized spacial score (nSPS) is 8.44. The van der Waals surface area contributed by atoms with Gasteiger partial charge in [0.25, 0.3) is 0 Å². The molecule has 0 aliphatic rings. The minimum atomic E-state index is 0.333. The Labute approximate surface area is 55.3 Å². The standard InChI is InChI=1S/C3H4N2.C3H9N/c1-2-5-3-4-1;1-3(2)4/h1-3H,(H,4,5);3H,4H2,1-2H3. The van der Waals surface area contributed by atoms with Crippen LogP contribution in [0.15, 0.2) is 18.7 Å². The molecule has 0 radical (unpaired) electrons. The second-order valence-electron chi connectivity index (χ2n) is 2.00. The molecule has 1 aromatic heterocycles. The van der Waals surface area contributed by atoms with Crippen LogP contribution in [0.3, 0.4) is 0 Å². The predicted molar refractivity (Wildman–Crippen MR) is 37.9 cm³/mol. The van der Waals surface area contributed by atoms with E-state index in [4.69, 9.17) is 5.73 Å². The first-order valence-corrected chi connectivity index (χ1v) is 2.92. The summed E-state index contributed by atoms with van der Waals surface area (Å²) in [5, 5.41) is 0. The number of nitrogens with two attached hydrogens (primary N) is 1. The third-order valence-corrected chi connectivity index (χ3v) is 0.406. The molecule has 0 aromatic carbocycles. The van der Waals surface area contributed by atoms with E-state index in [-0.39, 0.29) is 0 Å². The number of aromatic nitrogens is 2. The van der Waals surface area contributed by atoms with Crippen molar-refractivity contribution < 1.29 is 0 Å². The molecule has 0 aliphatic carbocycles. The molecule has 1 aromatic rings. The number of aromatic amines is 1. The van der Waals surface area contributed by atoms with E-state index in [1.165, 1.54) is 0 Å². The molecule has 3 heteroatoms. The van der Waals surface area contributed by atoms with Crippen LogP contribution in [0.1, 0.15) is 13.8 Å². The van der Waals surface area contributed by atoms with Gasteiger partial charge in [-0.1, -0.05) is 13.8 Å². The van der Waals surface area contributed by atoms with Gasteiger partial charge in [-0.2, -0.15) is 0 Å². The molecule has 0 saturated heterocycles. The first-order valence-electron chi connectivity index (χ1n) is 2.92. The van der Waals surface area contributed by atoms with Crippen LogP contribution in [0.5, 0.6) is 0 Å². The Hall–Kier alpha value is -0.830. The Morgan fingerprint density at radius 3 is 2.22 bits per heavy atom. The fourth-order valence-corrected chi connectivity index (χ4v) is 0.215. The van der Waals surface area contributed by atoms with Crippen LogP contribution in [0.25, 0.3) is 0 Å². The van der Waals surface area contributed by atoms with E-state index >= 15 is 0 Å². The van der Waals surface area contributed by atoms with Gasteiger partial charge in [-0.15, -0.1) is 0 Å². The van der Waals surface area contributed by atoms with Gasteiger partial charge in [0, 0.05) is 12.4 Å². The topological polar surface area (TPSA) is 54.7 Å². The molecule has 0 unspecified atom stereocenters. The van der Waals surface area contributed by atoms with Gasteiger partial charge in [0.1, 0.15) is 0 Å². The first kappa shape index (κ1) is 8.17. The molecule has 0 fully saturated rings. The molecule has 3 nitrogen and oxygen atoms in total. The van der Waals surface area contributed by atoms with Crippen molar-refractivity contribution in [1.29, 1.82) is 0 Å². The quantitative estimate of drug-likeness (QED) is 0.540. The Bertz CT molecular complexity index is 91.9. The second-order valence-corrected chi connectivity index (χ2v) is 2.00. The zero-order valence-electron chi connectivity index (χ0n) is 5.83. The van der Waals surface area contributed by atoms with Crippen LogP contribution in [0, 0.1) is 0 Å². The van der Waals surface area contributed by atoms with Crippen molar-refractivity contribution in [3.63, 3.8) is 0 Å². The van der Waals surface area contributed by atoms with Crippen LogP contribution in [-0.2, 0) is 0 Å². The summed E-state index contributed by atoms with van der Waals surface area (Å²) in [7, 11) is 0. The lowest BCUT2D eigenvalue weighted by Crippen LogP contribution is -2.06. The summed E-state index contributed by atoms with van der Waals surface area (Å²) in [5.41, 5.74) is 5.11. The number of hydrogen-bond donors (Lipinski definition) is 2. The number of imidazole rings is 1. The Kier molecular flexibility index (Phi) is 4.82. The van der Waals surface area contributed by atoms with Gasteiger partial charge in [0.2, 0.25) is 0 Å². The lowest BCUT2D eigenvalue weighted by atomic mass is 10.5. The van der Waals surface area contributed by atoms with E-state index < -0.39 is 0 Å². The summed E-state index contributed by atoms with van der Waals surface area (Å²) in [6, 6.07) is 0.333. The highest BCUT2D eigenvalue weighted by Crippen LogP contribution is 1.62. The molecule has 0 bridgehead atoms. The Balaban J connectivity index is 0.000000148. The summed E-state index contributed by atoms with van der Waals surface area (Å²) in [5.74, 6) is 0. The van der Waals surface area contributed by atoms with Crippen molar-refractivity contribution in [2.45, 2.75) is 19.9 Å². The average Bonchev–Trinajstić information content (AvgIpc) is 2.11. The van der Waals surface area contributed by atoms with Gasteiger partial charge in [0.15, 0.2) is 0 Å². The smallest absolute Gasteiger partial charge is 0.0919 e. The summed E-state index contributed by atoms with van der Waals surface area (Å²) >= 11 is 0. The molecule has 0 saturated carbocycles.